The van der Waals surface area contributed by atoms with Crippen molar-refractivity contribution in [1.82, 2.24) is 25.0 Å². The van der Waals surface area contributed by atoms with Crippen molar-refractivity contribution in [2.45, 2.75) is 30.6 Å². The monoisotopic (exact) mass is 417 g/mol. The van der Waals surface area contributed by atoms with Crippen molar-refractivity contribution in [2.24, 2.45) is 0 Å². The van der Waals surface area contributed by atoms with Crippen LogP contribution in [0.15, 0.2) is 35.5 Å². The fourth-order valence-corrected chi connectivity index (χ4v) is 4.31. The minimum absolute atomic E-state index is 0.0113. The summed E-state index contributed by atoms with van der Waals surface area (Å²) in [5.74, 6) is 1.16. The lowest BCUT2D eigenvalue weighted by molar-refractivity contribution is -0.119. The molecule has 29 heavy (non-hydrogen) atoms. The van der Waals surface area contributed by atoms with E-state index in [0.717, 1.165) is 62.4 Å². The van der Waals surface area contributed by atoms with Gasteiger partial charge in [0.25, 0.3) is 0 Å². The van der Waals surface area contributed by atoms with Crippen molar-refractivity contribution in [3.8, 4) is 5.69 Å². The Labute approximate surface area is 175 Å². The lowest BCUT2D eigenvalue weighted by atomic mass is 10.2. The second-order valence-electron chi connectivity index (χ2n) is 7.19. The molecular weight excluding hydrogens is 390 g/mol. The van der Waals surface area contributed by atoms with Crippen LogP contribution >= 0.6 is 11.8 Å². The van der Waals surface area contributed by atoms with Gasteiger partial charge in [0.15, 0.2) is 11.0 Å². The first kappa shape index (κ1) is 20.3. The highest BCUT2D eigenvalue weighted by Gasteiger charge is 2.20. The van der Waals surface area contributed by atoms with E-state index in [1.807, 2.05) is 34.9 Å². The van der Waals surface area contributed by atoms with E-state index in [1.165, 1.54) is 11.8 Å². The summed E-state index contributed by atoms with van der Waals surface area (Å²) in [5.41, 5.74) is 1.00. The molecule has 0 saturated carbocycles. The average molecular weight is 418 g/mol. The molecule has 1 atom stereocenters. The number of rotatable bonds is 8. The summed E-state index contributed by atoms with van der Waals surface area (Å²) in [6, 6.07) is 10.1. The largest absolute Gasteiger partial charge is 0.379 e. The first-order valence-electron chi connectivity index (χ1n) is 10.1. The molecule has 1 aromatic carbocycles. The molecule has 3 heterocycles. The van der Waals surface area contributed by atoms with Gasteiger partial charge < -0.3 is 14.8 Å². The van der Waals surface area contributed by atoms with E-state index in [-0.39, 0.29) is 12.0 Å². The predicted octanol–water partition coefficient (Wildman–Crippen LogP) is 1.49. The van der Waals surface area contributed by atoms with Crippen LogP contribution in [-0.4, -0.2) is 76.9 Å². The number of carbonyl (C=O) groups excluding carboxylic acids is 1. The molecule has 0 unspecified atom stereocenters. The van der Waals surface area contributed by atoms with Crippen LogP contribution < -0.4 is 5.32 Å². The minimum Gasteiger partial charge on any atom is -0.379 e. The highest BCUT2D eigenvalue weighted by atomic mass is 32.2. The summed E-state index contributed by atoms with van der Waals surface area (Å²) in [4.78, 5) is 14.6. The Kier molecular flexibility index (Phi) is 7.15. The molecular formula is C20H27N5O3S. The molecule has 8 nitrogen and oxygen atoms in total. The Hall–Kier alpha value is -1.94. The summed E-state index contributed by atoms with van der Waals surface area (Å²) < 4.78 is 13.0. The molecule has 4 rings (SSSR count). The predicted molar refractivity (Wildman–Crippen MR) is 110 cm³/mol. The maximum absolute atomic E-state index is 12.3. The van der Waals surface area contributed by atoms with Crippen LogP contribution in [0.1, 0.15) is 18.7 Å². The number of morpholine rings is 1. The van der Waals surface area contributed by atoms with Crippen LogP contribution in [0, 0.1) is 0 Å². The molecule has 1 N–H and O–H groups in total. The summed E-state index contributed by atoms with van der Waals surface area (Å²) in [6.07, 6.45) is 2.24. The number of hydrogen-bond acceptors (Lipinski definition) is 7. The van der Waals surface area contributed by atoms with Crippen molar-refractivity contribution >= 4 is 17.7 Å². The van der Waals surface area contributed by atoms with E-state index in [0.29, 0.717) is 18.8 Å². The molecule has 2 saturated heterocycles. The molecule has 1 amide bonds. The molecule has 0 spiro atoms. The van der Waals surface area contributed by atoms with Crippen LogP contribution in [0.3, 0.4) is 0 Å². The second kappa shape index (κ2) is 10.2. The number of hydrogen-bond donors (Lipinski definition) is 1. The Balaban J connectivity index is 1.42. The first-order chi connectivity index (χ1) is 14.3. The third kappa shape index (κ3) is 5.57. The van der Waals surface area contributed by atoms with Crippen molar-refractivity contribution in [1.29, 1.82) is 0 Å². The molecule has 2 aliphatic rings. The van der Waals surface area contributed by atoms with Crippen LogP contribution in [0.2, 0.25) is 0 Å². The van der Waals surface area contributed by atoms with Gasteiger partial charge in [-0.15, -0.1) is 10.2 Å². The molecule has 9 heteroatoms. The highest BCUT2D eigenvalue weighted by molar-refractivity contribution is 7.99. The quantitative estimate of drug-likeness (QED) is 0.652. The van der Waals surface area contributed by atoms with Crippen LogP contribution in [-0.2, 0) is 20.8 Å². The van der Waals surface area contributed by atoms with Gasteiger partial charge in [-0.1, -0.05) is 30.0 Å². The fourth-order valence-electron chi connectivity index (χ4n) is 3.51. The minimum atomic E-state index is -0.0113. The smallest absolute Gasteiger partial charge is 0.230 e. The number of thioether (sulfide) groups is 1. The first-order valence-corrected chi connectivity index (χ1v) is 11.1. The third-order valence-corrected chi connectivity index (χ3v) is 6.00. The van der Waals surface area contributed by atoms with E-state index in [4.69, 9.17) is 9.47 Å². The van der Waals surface area contributed by atoms with E-state index in [1.54, 1.807) is 0 Å². The molecule has 1 aromatic heterocycles. The molecule has 0 bridgehead atoms. The summed E-state index contributed by atoms with van der Waals surface area (Å²) in [5, 5.41) is 12.5. The van der Waals surface area contributed by atoms with Gasteiger partial charge in [-0.3, -0.25) is 14.3 Å². The number of nitrogens with zero attached hydrogens (tertiary/aromatic N) is 4. The number of aromatic nitrogens is 3. The van der Waals surface area contributed by atoms with Gasteiger partial charge >= 0.3 is 0 Å². The van der Waals surface area contributed by atoms with Crippen molar-refractivity contribution in [3.05, 3.63) is 36.2 Å². The Morgan fingerprint density at radius 3 is 2.76 bits per heavy atom. The van der Waals surface area contributed by atoms with Crippen molar-refractivity contribution < 1.29 is 14.3 Å². The lowest BCUT2D eigenvalue weighted by Gasteiger charge is -2.26. The van der Waals surface area contributed by atoms with Gasteiger partial charge in [0, 0.05) is 31.9 Å². The normalized spacial score (nSPS) is 20.1. The SMILES string of the molecule is O=C(CSc1nnc(CN2CCOCC2)n1-c1ccccc1)NC[C@H]1CCCO1. The lowest BCUT2D eigenvalue weighted by Crippen LogP contribution is -2.36. The van der Waals surface area contributed by atoms with E-state index >= 15 is 0 Å². The number of amides is 1. The zero-order chi connectivity index (χ0) is 19.9. The summed E-state index contributed by atoms with van der Waals surface area (Å²) in [7, 11) is 0. The molecule has 156 valence electrons. The van der Waals surface area contributed by atoms with Gasteiger partial charge in [0.05, 0.1) is 31.6 Å². The zero-order valence-electron chi connectivity index (χ0n) is 16.5. The molecule has 2 aliphatic heterocycles. The van der Waals surface area contributed by atoms with Crippen LogP contribution in [0.25, 0.3) is 5.69 Å². The van der Waals surface area contributed by atoms with Gasteiger partial charge in [0.2, 0.25) is 5.91 Å². The van der Waals surface area contributed by atoms with Gasteiger partial charge in [-0.25, -0.2) is 0 Å². The molecule has 2 fully saturated rings. The molecule has 0 aliphatic carbocycles. The standard InChI is InChI=1S/C20H27N5O3S/c26-19(21-13-17-7-4-10-28-17)15-29-20-23-22-18(14-24-8-11-27-12-9-24)25(20)16-5-2-1-3-6-16/h1-3,5-6,17H,4,7-15H2,(H,21,26)/t17-/m1/s1. The maximum Gasteiger partial charge on any atom is 0.230 e. The zero-order valence-corrected chi connectivity index (χ0v) is 17.3. The number of nitrogens with one attached hydrogen (secondary N) is 1. The number of ether oxygens (including phenoxy) is 2. The van der Waals surface area contributed by atoms with Gasteiger partial charge in [0.1, 0.15) is 0 Å². The van der Waals surface area contributed by atoms with Crippen molar-refractivity contribution in [3.63, 3.8) is 0 Å². The van der Waals surface area contributed by atoms with E-state index in [9.17, 15) is 4.79 Å². The summed E-state index contributed by atoms with van der Waals surface area (Å²) in [6.45, 7) is 5.33. The van der Waals surface area contributed by atoms with Gasteiger partial charge in [-0.05, 0) is 25.0 Å². The van der Waals surface area contributed by atoms with Gasteiger partial charge in [-0.2, -0.15) is 0 Å². The second-order valence-corrected chi connectivity index (χ2v) is 8.13. The number of benzene rings is 1. The fraction of sp³-hybridized carbons (Fsp3) is 0.550. The van der Waals surface area contributed by atoms with Crippen molar-refractivity contribution in [2.75, 3.05) is 45.2 Å². The number of carbonyl (C=O) groups is 1. The third-order valence-electron chi connectivity index (χ3n) is 5.07. The Morgan fingerprint density at radius 1 is 1.17 bits per heavy atom. The Morgan fingerprint density at radius 2 is 2.00 bits per heavy atom. The topological polar surface area (TPSA) is 81.5 Å². The van der Waals surface area contributed by atoms with Crippen LogP contribution in [0.4, 0.5) is 0 Å². The average Bonchev–Trinajstić information content (AvgIpc) is 3.42. The van der Waals surface area contributed by atoms with E-state index in [2.05, 4.69) is 20.4 Å². The highest BCUT2D eigenvalue weighted by Crippen LogP contribution is 2.23. The number of para-hydroxylation sites is 1. The van der Waals surface area contributed by atoms with Crippen LogP contribution in [0.5, 0.6) is 0 Å². The molecule has 2 aromatic rings. The molecule has 0 radical (unpaired) electrons. The maximum atomic E-state index is 12.3. The Bertz CT molecular complexity index is 789. The van der Waals surface area contributed by atoms with E-state index < -0.39 is 0 Å². The summed E-state index contributed by atoms with van der Waals surface area (Å²) >= 11 is 1.41.